The molecule has 0 aromatic heterocycles. The molecule has 0 amide bonds. The highest BCUT2D eigenvalue weighted by atomic mass is 16.5. The van der Waals surface area contributed by atoms with Crippen LogP contribution in [0.3, 0.4) is 0 Å². The Balaban J connectivity index is 2.07. The second-order valence-electron chi connectivity index (χ2n) is 4.97. The van der Waals surface area contributed by atoms with Gasteiger partial charge >= 0.3 is 5.97 Å². The predicted molar refractivity (Wildman–Crippen MR) is 68.7 cm³/mol. The van der Waals surface area contributed by atoms with Crippen molar-refractivity contribution in [2.75, 3.05) is 6.54 Å². The summed E-state index contributed by atoms with van der Waals surface area (Å²) in [7, 11) is 0. The van der Waals surface area contributed by atoms with E-state index < -0.39 is 5.97 Å². The number of hydrogen-bond donors (Lipinski definition) is 2. The quantitative estimate of drug-likeness (QED) is 0.859. The molecule has 1 saturated heterocycles. The van der Waals surface area contributed by atoms with Gasteiger partial charge < -0.3 is 15.2 Å². The average Bonchev–Trinajstić information content (AvgIpc) is 2.77. The van der Waals surface area contributed by atoms with Crippen LogP contribution in [0.5, 0.6) is 5.75 Å². The standard InChI is InChI=1S/C14H19NO3/c1-9(2)18-12-5-3-4-10(6-12)13-7-11(8-15-13)14(16)17/h3-6,9,11,13,15H,7-8H2,1-2H3,(H,16,17). The third-order valence-corrected chi connectivity index (χ3v) is 3.11. The molecule has 0 saturated carbocycles. The molecule has 1 aromatic rings. The number of carbonyl (C=O) groups is 1. The average molecular weight is 249 g/mol. The van der Waals surface area contributed by atoms with Gasteiger partial charge in [-0.2, -0.15) is 0 Å². The number of hydrogen-bond acceptors (Lipinski definition) is 3. The lowest BCUT2D eigenvalue weighted by molar-refractivity contribution is -0.141. The SMILES string of the molecule is CC(C)Oc1cccc(C2CC(C(=O)O)CN2)c1. The smallest absolute Gasteiger partial charge is 0.307 e. The summed E-state index contributed by atoms with van der Waals surface area (Å²) in [5.74, 6) is -0.174. The van der Waals surface area contributed by atoms with Gasteiger partial charge in [0.25, 0.3) is 0 Å². The second-order valence-corrected chi connectivity index (χ2v) is 4.97. The summed E-state index contributed by atoms with van der Waals surface area (Å²) in [5.41, 5.74) is 1.09. The minimum atomic E-state index is -0.723. The van der Waals surface area contributed by atoms with Crippen molar-refractivity contribution in [3.05, 3.63) is 29.8 Å². The van der Waals surface area contributed by atoms with Crippen LogP contribution >= 0.6 is 0 Å². The van der Waals surface area contributed by atoms with Gasteiger partial charge in [0, 0.05) is 12.6 Å². The summed E-state index contributed by atoms with van der Waals surface area (Å²) in [6.45, 7) is 4.51. The zero-order valence-corrected chi connectivity index (χ0v) is 10.7. The molecule has 1 aromatic carbocycles. The van der Waals surface area contributed by atoms with E-state index in [1.165, 1.54) is 0 Å². The molecule has 2 rings (SSSR count). The van der Waals surface area contributed by atoms with Crippen molar-refractivity contribution in [3.63, 3.8) is 0 Å². The maximum absolute atomic E-state index is 10.9. The van der Waals surface area contributed by atoms with Gasteiger partial charge in [0.2, 0.25) is 0 Å². The highest BCUT2D eigenvalue weighted by Gasteiger charge is 2.30. The summed E-state index contributed by atoms with van der Waals surface area (Å²) in [5, 5.41) is 12.2. The molecule has 1 aliphatic heterocycles. The highest BCUT2D eigenvalue weighted by molar-refractivity contribution is 5.70. The van der Waals surface area contributed by atoms with Crippen LogP contribution in [-0.4, -0.2) is 23.7 Å². The fourth-order valence-electron chi connectivity index (χ4n) is 2.25. The fraction of sp³-hybridized carbons (Fsp3) is 0.500. The molecule has 98 valence electrons. The van der Waals surface area contributed by atoms with Gasteiger partial charge in [-0.1, -0.05) is 12.1 Å². The molecule has 1 heterocycles. The Bertz CT molecular complexity index is 431. The van der Waals surface area contributed by atoms with E-state index in [0.29, 0.717) is 13.0 Å². The van der Waals surface area contributed by atoms with E-state index in [-0.39, 0.29) is 18.1 Å². The Labute approximate surface area is 107 Å². The Morgan fingerprint density at radius 2 is 2.28 bits per heavy atom. The van der Waals surface area contributed by atoms with Gasteiger partial charge in [-0.05, 0) is 38.0 Å². The van der Waals surface area contributed by atoms with E-state index in [9.17, 15) is 4.79 Å². The molecule has 4 nitrogen and oxygen atoms in total. The van der Waals surface area contributed by atoms with Crippen LogP contribution in [0.15, 0.2) is 24.3 Å². The maximum atomic E-state index is 10.9. The van der Waals surface area contributed by atoms with Crippen molar-refractivity contribution in [2.45, 2.75) is 32.4 Å². The first kappa shape index (κ1) is 12.9. The predicted octanol–water partition coefficient (Wildman–Crippen LogP) is 2.21. The molecule has 1 fully saturated rings. The lowest BCUT2D eigenvalue weighted by atomic mass is 10.00. The molecule has 1 aliphatic rings. The minimum absolute atomic E-state index is 0.113. The molecule has 0 bridgehead atoms. The topological polar surface area (TPSA) is 58.6 Å². The highest BCUT2D eigenvalue weighted by Crippen LogP contribution is 2.29. The van der Waals surface area contributed by atoms with Crippen LogP contribution in [0, 0.1) is 5.92 Å². The van der Waals surface area contributed by atoms with E-state index in [0.717, 1.165) is 11.3 Å². The molecule has 2 atom stereocenters. The van der Waals surface area contributed by atoms with E-state index in [1.807, 2.05) is 38.1 Å². The largest absolute Gasteiger partial charge is 0.491 e. The van der Waals surface area contributed by atoms with Crippen molar-refractivity contribution in [1.29, 1.82) is 0 Å². The molecule has 0 radical (unpaired) electrons. The van der Waals surface area contributed by atoms with Crippen LogP contribution in [0.4, 0.5) is 0 Å². The van der Waals surface area contributed by atoms with Crippen LogP contribution in [0.1, 0.15) is 31.9 Å². The zero-order chi connectivity index (χ0) is 13.1. The third kappa shape index (κ3) is 3.01. The lowest BCUT2D eigenvalue weighted by Crippen LogP contribution is -2.17. The number of ether oxygens (including phenoxy) is 1. The molecule has 0 spiro atoms. The first-order chi connectivity index (χ1) is 8.56. The Hall–Kier alpha value is -1.55. The van der Waals surface area contributed by atoms with Crippen LogP contribution in [0.2, 0.25) is 0 Å². The zero-order valence-electron chi connectivity index (χ0n) is 10.7. The van der Waals surface area contributed by atoms with Crippen molar-refractivity contribution in [1.82, 2.24) is 5.32 Å². The van der Waals surface area contributed by atoms with E-state index in [2.05, 4.69) is 5.32 Å². The molecular weight excluding hydrogens is 230 g/mol. The van der Waals surface area contributed by atoms with Gasteiger partial charge in [0.1, 0.15) is 5.75 Å². The first-order valence-electron chi connectivity index (χ1n) is 6.29. The van der Waals surface area contributed by atoms with E-state index in [1.54, 1.807) is 0 Å². The summed E-state index contributed by atoms with van der Waals surface area (Å²) in [6.07, 6.45) is 0.782. The number of nitrogens with one attached hydrogen (secondary N) is 1. The van der Waals surface area contributed by atoms with Crippen LogP contribution in [0.25, 0.3) is 0 Å². The number of aliphatic carboxylic acids is 1. The minimum Gasteiger partial charge on any atom is -0.491 e. The second kappa shape index (κ2) is 5.40. The summed E-state index contributed by atoms with van der Waals surface area (Å²) >= 11 is 0. The van der Waals surface area contributed by atoms with Gasteiger partial charge in [0.05, 0.1) is 12.0 Å². The Morgan fingerprint density at radius 3 is 2.89 bits per heavy atom. The number of carboxylic acids is 1. The van der Waals surface area contributed by atoms with Crippen molar-refractivity contribution in [2.24, 2.45) is 5.92 Å². The summed E-state index contributed by atoms with van der Waals surface area (Å²) in [6, 6.07) is 7.98. The summed E-state index contributed by atoms with van der Waals surface area (Å²) < 4.78 is 5.64. The third-order valence-electron chi connectivity index (χ3n) is 3.11. The molecule has 4 heteroatoms. The molecule has 2 N–H and O–H groups in total. The molecule has 18 heavy (non-hydrogen) atoms. The number of carboxylic acid groups (broad SMARTS) is 1. The first-order valence-corrected chi connectivity index (χ1v) is 6.29. The van der Waals surface area contributed by atoms with Crippen LogP contribution in [-0.2, 0) is 4.79 Å². The van der Waals surface area contributed by atoms with E-state index in [4.69, 9.17) is 9.84 Å². The number of benzene rings is 1. The Kier molecular flexibility index (Phi) is 3.87. The fourth-order valence-corrected chi connectivity index (χ4v) is 2.25. The van der Waals surface area contributed by atoms with Gasteiger partial charge in [-0.25, -0.2) is 0 Å². The normalized spacial score (nSPS) is 23.3. The Morgan fingerprint density at radius 1 is 1.50 bits per heavy atom. The van der Waals surface area contributed by atoms with Gasteiger partial charge in [-0.15, -0.1) is 0 Å². The van der Waals surface area contributed by atoms with Crippen molar-refractivity contribution < 1.29 is 14.6 Å². The summed E-state index contributed by atoms with van der Waals surface area (Å²) in [4.78, 5) is 10.9. The molecular formula is C14H19NO3. The van der Waals surface area contributed by atoms with Gasteiger partial charge in [-0.3, -0.25) is 4.79 Å². The number of rotatable bonds is 4. The van der Waals surface area contributed by atoms with Crippen molar-refractivity contribution in [3.8, 4) is 5.75 Å². The molecule has 0 aliphatic carbocycles. The van der Waals surface area contributed by atoms with Crippen molar-refractivity contribution >= 4 is 5.97 Å². The molecule has 2 unspecified atom stereocenters. The maximum Gasteiger partial charge on any atom is 0.307 e. The van der Waals surface area contributed by atoms with Gasteiger partial charge in [0.15, 0.2) is 0 Å². The monoisotopic (exact) mass is 249 g/mol. The van der Waals surface area contributed by atoms with Crippen LogP contribution < -0.4 is 10.1 Å². The lowest BCUT2D eigenvalue weighted by Gasteiger charge is -2.14. The van der Waals surface area contributed by atoms with E-state index >= 15 is 0 Å².